The van der Waals surface area contributed by atoms with E-state index in [9.17, 15) is 4.79 Å². The van der Waals surface area contributed by atoms with Crippen molar-refractivity contribution in [2.75, 3.05) is 7.11 Å². The maximum atomic E-state index is 11.3. The molecule has 2 unspecified atom stereocenters. The summed E-state index contributed by atoms with van der Waals surface area (Å²) in [5, 5.41) is 0. The molecule has 0 aliphatic heterocycles. The Morgan fingerprint density at radius 1 is 1.38 bits per heavy atom. The van der Waals surface area contributed by atoms with E-state index in [2.05, 4.69) is 23.2 Å². The van der Waals surface area contributed by atoms with Gasteiger partial charge in [0.15, 0.2) is 6.10 Å². The molecule has 0 saturated heterocycles. The van der Waals surface area contributed by atoms with Crippen LogP contribution in [0.3, 0.4) is 0 Å². The van der Waals surface area contributed by atoms with Gasteiger partial charge in [0.25, 0.3) is 0 Å². The molecular formula is C18H20O3. The molecule has 3 nitrogen and oxygen atoms in total. The van der Waals surface area contributed by atoms with Gasteiger partial charge >= 0.3 is 6.16 Å². The summed E-state index contributed by atoms with van der Waals surface area (Å²) in [6, 6.07) is 9.92. The second-order valence-corrected chi connectivity index (χ2v) is 4.34. The van der Waals surface area contributed by atoms with Gasteiger partial charge in [-0.2, -0.15) is 0 Å². The summed E-state index contributed by atoms with van der Waals surface area (Å²) in [6.45, 7) is 5.73. The Bertz CT molecular complexity index is 535. The molecule has 0 aromatic heterocycles. The number of carbonyl (C=O) groups excluding carboxylic acids is 1. The van der Waals surface area contributed by atoms with E-state index in [0.717, 1.165) is 5.56 Å². The monoisotopic (exact) mass is 284 g/mol. The topological polar surface area (TPSA) is 35.5 Å². The third-order valence-corrected chi connectivity index (χ3v) is 2.88. The van der Waals surface area contributed by atoms with E-state index in [0.29, 0.717) is 6.42 Å². The van der Waals surface area contributed by atoms with Crippen molar-refractivity contribution in [2.24, 2.45) is 0 Å². The standard InChI is InChI=1S/C18H20O3/c1-4-6-8-13-17(21-18(19)20-3)14-15(5-2)16-11-9-7-10-12-16/h4-7,9-12,15,17H,2,14H2,1,3H3/b6-4+. The molecule has 3 heteroatoms. The minimum atomic E-state index is -0.731. The lowest BCUT2D eigenvalue weighted by Gasteiger charge is -2.17. The highest BCUT2D eigenvalue weighted by molar-refractivity contribution is 5.60. The smallest absolute Gasteiger partial charge is 0.438 e. The fraction of sp³-hybridized carbons (Fsp3) is 0.278. The summed E-state index contributed by atoms with van der Waals surface area (Å²) >= 11 is 0. The van der Waals surface area contributed by atoms with Gasteiger partial charge in [0.2, 0.25) is 0 Å². The molecule has 2 atom stereocenters. The molecule has 1 aromatic carbocycles. The summed E-state index contributed by atoms with van der Waals surface area (Å²) in [6.07, 6.45) is 4.62. The largest absolute Gasteiger partial charge is 0.509 e. The normalized spacial score (nSPS) is 12.9. The minimum absolute atomic E-state index is 0.0563. The van der Waals surface area contributed by atoms with Crippen LogP contribution in [0.25, 0.3) is 0 Å². The van der Waals surface area contributed by atoms with Gasteiger partial charge in [0.1, 0.15) is 0 Å². The number of benzene rings is 1. The zero-order valence-electron chi connectivity index (χ0n) is 12.4. The molecule has 0 bridgehead atoms. The van der Waals surface area contributed by atoms with Crippen LogP contribution in [0.1, 0.15) is 24.8 Å². The van der Waals surface area contributed by atoms with Crippen molar-refractivity contribution in [3.8, 4) is 11.8 Å². The zero-order chi connectivity index (χ0) is 15.5. The lowest BCUT2D eigenvalue weighted by molar-refractivity contribution is 0.0519. The quantitative estimate of drug-likeness (QED) is 0.464. The average Bonchev–Trinajstić information content (AvgIpc) is 2.53. The Hall–Kier alpha value is -2.47. The fourth-order valence-electron chi connectivity index (χ4n) is 1.82. The van der Waals surface area contributed by atoms with Gasteiger partial charge in [-0.25, -0.2) is 4.79 Å². The number of rotatable bonds is 5. The minimum Gasteiger partial charge on any atom is -0.438 e. The lowest BCUT2D eigenvalue weighted by atomic mass is 9.93. The van der Waals surface area contributed by atoms with Gasteiger partial charge in [-0.05, 0) is 18.6 Å². The third kappa shape index (κ3) is 6.01. The summed E-state index contributed by atoms with van der Waals surface area (Å²) < 4.78 is 9.72. The average molecular weight is 284 g/mol. The number of hydrogen-bond donors (Lipinski definition) is 0. The number of allylic oxidation sites excluding steroid dienone is 3. The Labute approximate surface area is 126 Å². The highest BCUT2D eigenvalue weighted by atomic mass is 16.7. The third-order valence-electron chi connectivity index (χ3n) is 2.88. The summed E-state index contributed by atoms with van der Waals surface area (Å²) in [5.41, 5.74) is 1.11. The van der Waals surface area contributed by atoms with Crippen molar-refractivity contribution in [1.29, 1.82) is 0 Å². The van der Waals surface area contributed by atoms with E-state index in [1.807, 2.05) is 49.4 Å². The van der Waals surface area contributed by atoms with Crippen molar-refractivity contribution in [1.82, 2.24) is 0 Å². The maximum Gasteiger partial charge on any atom is 0.509 e. The van der Waals surface area contributed by atoms with Gasteiger partial charge in [0.05, 0.1) is 7.11 Å². The van der Waals surface area contributed by atoms with Gasteiger partial charge in [0, 0.05) is 12.3 Å². The number of methoxy groups -OCH3 is 1. The van der Waals surface area contributed by atoms with Crippen LogP contribution < -0.4 is 0 Å². The predicted octanol–water partition coefficient (Wildman–Crippen LogP) is 4.08. The van der Waals surface area contributed by atoms with E-state index < -0.39 is 12.3 Å². The molecule has 0 aliphatic rings. The first-order chi connectivity index (χ1) is 10.2. The van der Waals surface area contributed by atoms with Crippen LogP contribution in [0.2, 0.25) is 0 Å². The van der Waals surface area contributed by atoms with Crippen LogP contribution in [0.15, 0.2) is 55.1 Å². The van der Waals surface area contributed by atoms with Crippen LogP contribution >= 0.6 is 0 Å². The van der Waals surface area contributed by atoms with Crippen molar-refractivity contribution < 1.29 is 14.3 Å². The highest BCUT2D eigenvalue weighted by Crippen LogP contribution is 2.23. The number of hydrogen-bond acceptors (Lipinski definition) is 3. The van der Waals surface area contributed by atoms with Gasteiger partial charge in [-0.1, -0.05) is 54.3 Å². The SMILES string of the molecule is C=CC(CC(C#C/C=C/C)OC(=O)OC)c1ccccc1. The van der Waals surface area contributed by atoms with Gasteiger partial charge in [-0.3, -0.25) is 0 Å². The second kappa shape index (κ2) is 9.44. The molecule has 0 spiro atoms. The van der Waals surface area contributed by atoms with Gasteiger partial charge in [-0.15, -0.1) is 6.58 Å². The first kappa shape index (κ1) is 16.6. The Morgan fingerprint density at radius 3 is 2.67 bits per heavy atom. The van der Waals surface area contributed by atoms with E-state index in [4.69, 9.17) is 4.74 Å². The van der Waals surface area contributed by atoms with Crippen molar-refractivity contribution in [3.63, 3.8) is 0 Å². The van der Waals surface area contributed by atoms with E-state index >= 15 is 0 Å². The predicted molar refractivity (Wildman–Crippen MR) is 83.9 cm³/mol. The zero-order valence-corrected chi connectivity index (χ0v) is 12.4. The lowest BCUT2D eigenvalue weighted by Crippen LogP contribution is -2.19. The summed E-state index contributed by atoms with van der Waals surface area (Å²) in [5.74, 6) is 5.82. The van der Waals surface area contributed by atoms with Crippen molar-refractivity contribution in [2.45, 2.75) is 25.4 Å². The Kier molecular flexibility index (Phi) is 7.45. The molecule has 1 rings (SSSR count). The molecule has 0 amide bonds. The first-order valence-electron chi connectivity index (χ1n) is 6.75. The molecule has 21 heavy (non-hydrogen) atoms. The number of carbonyl (C=O) groups is 1. The first-order valence-corrected chi connectivity index (χ1v) is 6.75. The van der Waals surface area contributed by atoms with Crippen molar-refractivity contribution in [3.05, 3.63) is 60.7 Å². The number of ether oxygens (including phenoxy) is 2. The van der Waals surface area contributed by atoms with Gasteiger partial charge < -0.3 is 9.47 Å². The van der Waals surface area contributed by atoms with Crippen LogP contribution in [0.4, 0.5) is 4.79 Å². The van der Waals surface area contributed by atoms with E-state index in [1.165, 1.54) is 7.11 Å². The van der Waals surface area contributed by atoms with E-state index in [1.54, 1.807) is 6.08 Å². The molecule has 0 fully saturated rings. The summed E-state index contributed by atoms with van der Waals surface area (Å²) in [7, 11) is 1.28. The van der Waals surface area contributed by atoms with Crippen LogP contribution in [-0.2, 0) is 9.47 Å². The Morgan fingerprint density at radius 2 is 2.10 bits per heavy atom. The summed E-state index contributed by atoms with van der Waals surface area (Å²) in [4.78, 5) is 11.3. The molecule has 0 heterocycles. The second-order valence-electron chi connectivity index (χ2n) is 4.34. The molecule has 0 aliphatic carbocycles. The molecule has 0 saturated carbocycles. The maximum absolute atomic E-state index is 11.3. The highest BCUT2D eigenvalue weighted by Gasteiger charge is 2.18. The fourth-order valence-corrected chi connectivity index (χ4v) is 1.82. The van der Waals surface area contributed by atoms with Crippen LogP contribution in [0, 0.1) is 11.8 Å². The Balaban J connectivity index is 2.85. The van der Waals surface area contributed by atoms with Crippen LogP contribution in [-0.4, -0.2) is 19.4 Å². The molecule has 110 valence electrons. The molecular weight excluding hydrogens is 264 g/mol. The van der Waals surface area contributed by atoms with E-state index in [-0.39, 0.29) is 5.92 Å². The van der Waals surface area contributed by atoms with Crippen molar-refractivity contribution >= 4 is 6.16 Å². The molecule has 0 radical (unpaired) electrons. The molecule has 1 aromatic rings. The molecule has 0 N–H and O–H groups in total. The van der Waals surface area contributed by atoms with Crippen LogP contribution in [0.5, 0.6) is 0 Å².